The summed E-state index contributed by atoms with van der Waals surface area (Å²) in [6.07, 6.45) is 0.650. The van der Waals surface area contributed by atoms with Crippen LogP contribution < -0.4 is 16.8 Å². The smallest absolute Gasteiger partial charge is 0.234 e. The first kappa shape index (κ1) is 16.2. The largest absolute Gasteiger partial charge is 0.409 e. The number of carbonyl (C=O) groups excluding carboxylic acids is 2. The van der Waals surface area contributed by atoms with Crippen LogP contribution in [0.15, 0.2) is 5.16 Å². The van der Waals surface area contributed by atoms with E-state index in [2.05, 4.69) is 10.5 Å². The number of nitrogens with one attached hydrogen (secondary N) is 1. The molecule has 1 aliphatic rings. The summed E-state index contributed by atoms with van der Waals surface area (Å²) in [6, 6.07) is 0. The summed E-state index contributed by atoms with van der Waals surface area (Å²) in [5.74, 6) is -1.04. The van der Waals surface area contributed by atoms with Gasteiger partial charge in [0, 0.05) is 19.8 Å². The first-order chi connectivity index (χ1) is 9.26. The molecule has 1 heterocycles. The highest BCUT2D eigenvalue weighted by molar-refractivity contribution is 6.07. The number of hydrogen-bond acceptors (Lipinski definition) is 5. The maximum Gasteiger partial charge on any atom is 0.234 e. The first-order valence-corrected chi connectivity index (χ1v) is 6.40. The molecule has 114 valence electrons. The van der Waals surface area contributed by atoms with Gasteiger partial charge in [0.15, 0.2) is 5.84 Å². The molecule has 0 aromatic rings. The number of amidine groups is 1. The minimum absolute atomic E-state index is 0.0858. The van der Waals surface area contributed by atoms with Crippen molar-refractivity contribution in [2.24, 2.45) is 27.5 Å². The summed E-state index contributed by atoms with van der Waals surface area (Å²) in [5, 5.41) is 14.5. The third-order valence-electron chi connectivity index (χ3n) is 3.74. The number of oxime groups is 1. The average molecular weight is 286 g/mol. The van der Waals surface area contributed by atoms with Crippen LogP contribution in [-0.2, 0) is 14.3 Å². The topological polar surface area (TPSA) is 140 Å². The lowest BCUT2D eigenvalue weighted by Gasteiger charge is -2.35. The number of hydrogen-bond donors (Lipinski definition) is 4. The molecule has 2 amide bonds. The molecule has 1 rings (SSSR count). The van der Waals surface area contributed by atoms with Gasteiger partial charge >= 0.3 is 0 Å². The van der Waals surface area contributed by atoms with E-state index in [0.717, 1.165) is 0 Å². The Morgan fingerprint density at radius 1 is 1.35 bits per heavy atom. The molecule has 0 atom stereocenters. The molecule has 0 spiro atoms. The van der Waals surface area contributed by atoms with Crippen LogP contribution in [0.25, 0.3) is 0 Å². The predicted octanol–water partition coefficient (Wildman–Crippen LogP) is -0.843. The molecule has 0 bridgehead atoms. The molecule has 0 aliphatic carbocycles. The van der Waals surface area contributed by atoms with Gasteiger partial charge in [0.2, 0.25) is 11.8 Å². The van der Waals surface area contributed by atoms with E-state index in [1.165, 1.54) is 0 Å². The van der Waals surface area contributed by atoms with Crippen LogP contribution in [0.2, 0.25) is 0 Å². The number of primary amides is 1. The molecule has 1 saturated heterocycles. The highest BCUT2D eigenvalue weighted by atomic mass is 16.5. The van der Waals surface area contributed by atoms with Gasteiger partial charge in [-0.15, -0.1) is 0 Å². The normalized spacial score (nSPS) is 19.4. The van der Waals surface area contributed by atoms with Gasteiger partial charge in [0.25, 0.3) is 0 Å². The second kappa shape index (κ2) is 6.08. The Bertz CT molecular complexity index is 414. The van der Waals surface area contributed by atoms with Crippen molar-refractivity contribution in [2.45, 2.75) is 26.7 Å². The zero-order valence-corrected chi connectivity index (χ0v) is 11.8. The van der Waals surface area contributed by atoms with E-state index in [-0.39, 0.29) is 18.3 Å². The lowest BCUT2D eigenvalue weighted by Crippen LogP contribution is -2.54. The van der Waals surface area contributed by atoms with E-state index in [9.17, 15) is 9.59 Å². The molecule has 1 aliphatic heterocycles. The molecular weight excluding hydrogens is 264 g/mol. The monoisotopic (exact) mass is 286 g/mol. The Morgan fingerprint density at radius 3 is 2.35 bits per heavy atom. The number of nitrogens with zero attached hydrogens (tertiary/aromatic N) is 1. The molecule has 8 heteroatoms. The van der Waals surface area contributed by atoms with Crippen LogP contribution in [0.4, 0.5) is 0 Å². The first-order valence-electron chi connectivity index (χ1n) is 6.40. The molecule has 0 aromatic carbocycles. The van der Waals surface area contributed by atoms with Crippen molar-refractivity contribution in [3.8, 4) is 0 Å². The van der Waals surface area contributed by atoms with Gasteiger partial charge < -0.3 is 26.7 Å². The quantitative estimate of drug-likeness (QED) is 0.226. The van der Waals surface area contributed by atoms with Crippen molar-refractivity contribution in [2.75, 3.05) is 19.8 Å². The highest BCUT2D eigenvalue weighted by Gasteiger charge is 2.45. The Balaban J connectivity index is 2.83. The molecule has 8 nitrogen and oxygen atoms in total. The maximum atomic E-state index is 12.4. The predicted molar refractivity (Wildman–Crippen MR) is 71.9 cm³/mol. The van der Waals surface area contributed by atoms with Crippen LogP contribution in [-0.4, -0.2) is 42.6 Å². The Morgan fingerprint density at radius 2 is 1.90 bits per heavy atom. The fourth-order valence-corrected chi connectivity index (χ4v) is 1.97. The van der Waals surface area contributed by atoms with E-state index in [0.29, 0.717) is 26.1 Å². The third-order valence-corrected chi connectivity index (χ3v) is 3.74. The summed E-state index contributed by atoms with van der Waals surface area (Å²) in [4.78, 5) is 23.6. The molecule has 1 fully saturated rings. The minimum atomic E-state index is -1.10. The number of rotatable bonds is 5. The van der Waals surface area contributed by atoms with Crippen molar-refractivity contribution in [3.63, 3.8) is 0 Å². The Hall–Kier alpha value is -1.83. The number of ether oxygens (including phenoxy) is 1. The molecular formula is C12H22N4O4. The van der Waals surface area contributed by atoms with Crippen LogP contribution in [0.1, 0.15) is 26.7 Å². The molecule has 0 unspecified atom stereocenters. The Kier molecular flexibility index (Phi) is 4.93. The standard InChI is InChI=1S/C12H22N4O4/c1-11(2,9(14)17)7-15-10(18)12(8(13)16-19)3-5-20-6-4-12/h19H,3-7H2,1-2H3,(H2,13,16)(H2,14,17)(H,15,18). The van der Waals surface area contributed by atoms with Gasteiger partial charge in [-0.2, -0.15) is 0 Å². The van der Waals surface area contributed by atoms with Crippen LogP contribution in [0.3, 0.4) is 0 Å². The van der Waals surface area contributed by atoms with Crippen molar-refractivity contribution in [1.82, 2.24) is 5.32 Å². The van der Waals surface area contributed by atoms with E-state index < -0.39 is 16.7 Å². The molecule has 0 aromatic heterocycles. The summed E-state index contributed by atoms with van der Waals surface area (Å²) < 4.78 is 5.21. The van der Waals surface area contributed by atoms with E-state index in [1.54, 1.807) is 13.8 Å². The van der Waals surface area contributed by atoms with Crippen molar-refractivity contribution in [3.05, 3.63) is 0 Å². The summed E-state index contributed by atoms with van der Waals surface area (Å²) in [6.45, 7) is 4.06. The fourth-order valence-electron chi connectivity index (χ4n) is 1.97. The number of carbonyl (C=O) groups is 2. The minimum Gasteiger partial charge on any atom is -0.409 e. The van der Waals surface area contributed by atoms with Crippen LogP contribution in [0.5, 0.6) is 0 Å². The summed E-state index contributed by atoms with van der Waals surface area (Å²) >= 11 is 0. The lowest BCUT2D eigenvalue weighted by molar-refractivity contribution is -0.133. The molecule has 6 N–H and O–H groups in total. The lowest BCUT2D eigenvalue weighted by atomic mass is 9.77. The van der Waals surface area contributed by atoms with Gasteiger partial charge in [-0.25, -0.2) is 0 Å². The molecule has 20 heavy (non-hydrogen) atoms. The number of nitrogens with two attached hydrogens (primary N) is 2. The zero-order valence-electron chi connectivity index (χ0n) is 11.8. The summed E-state index contributed by atoms with van der Waals surface area (Å²) in [5.41, 5.74) is 8.97. The second-order valence-electron chi connectivity index (χ2n) is 5.61. The van der Waals surface area contributed by atoms with Crippen molar-refractivity contribution < 1.29 is 19.5 Å². The van der Waals surface area contributed by atoms with E-state index in [4.69, 9.17) is 21.4 Å². The summed E-state index contributed by atoms with van der Waals surface area (Å²) in [7, 11) is 0. The highest BCUT2D eigenvalue weighted by Crippen LogP contribution is 2.31. The van der Waals surface area contributed by atoms with Gasteiger partial charge in [-0.1, -0.05) is 5.16 Å². The second-order valence-corrected chi connectivity index (χ2v) is 5.61. The Labute approximate surface area is 117 Å². The third kappa shape index (κ3) is 3.19. The van der Waals surface area contributed by atoms with Crippen molar-refractivity contribution >= 4 is 17.6 Å². The maximum absolute atomic E-state index is 12.4. The fraction of sp³-hybridized carbons (Fsp3) is 0.750. The van der Waals surface area contributed by atoms with Gasteiger partial charge in [-0.05, 0) is 26.7 Å². The average Bonchev–Trinajstić information content (AvgIpc) is 2.44. The molecule has 0 saturated carbocycles. The molecule has 0 radical (unpaired) electrons. The van der Waals surface area contributed by atoms with Gasteiger partial charge in [0.1, 0.15) is 5.41 Å². The van der Waals surface area contributed by atoms with E-state index >= 15 is 0 Å². The van der Waals surface area contributed by atoms with Gasteiger partial charge in [-0.3, -0.25) is 9.59 Å². The SMILES string of the molecule is CC(C)(CNC(=O)C1(C(N)=NO)CCOCC1)C(N)=O. The number of amides is 2. The van der Waals surface area contributed by atoms with Crippen LogP contribution in [0, 0.1) is 10.8 Å². The van der Waals surface area contributed by atoms with Crippen LogP contribution >= 0.6 is 0 Å². The van der Waals surface area contributed by atoms with E-state index in [1.807, 2.05) is 0 Å². The van der Waals surface area contributed by atoms with Gasteiger partial charge in [0.05, 0.1) is 5.41 Å². The zero-order chi connectivity index (χ0) is 15.4. The van der Waals surface area contributed by atoms with Crippen molar-refractivity contribution in [1.29, 1.82) is 0 Å².